The third-order valence-electron chi connectivity index (χ3n) is 2.73. The Kier molecular flexibility index (Phi) is 4.59. The van der Waals surface area contributed by atoms with Crippen molar-refractivity contribution in [2.45, 2.75) is 19.4 Å². The summed E-state index contributed by atoms with van der Waals surface area (Å²) >= 11 is 1.80. The van der Waals surface area contributed by atoms with Gasteiger partial charge in [-0.25, -0.2) is 0 Å². The van der Waals surface area contributed by atoms with Gasteiger partial charge in [-0.05, 0) is 42.5 Å². The molecule has 0 bridgehead atoms. The first-order valence-corrected chi connectivity index (χ1v) is 6.81. The van der Waals surface area contributed by atoms with Crippen LogP contribution in [0.15, 0.2) is 41.8 Å². The smallest absolute Gasteiger partial charge is 0.0346 e. The summed E-state index contributed by atoms with van der Waals surface area (Å²) < 4.78 is 0. The van der Waals surface area contributed by atoms with Crippen molar-refractivity contribution in [1.82, 2.24) is 5.32 Å². The van der Waals surface area contributed by atoms with E-state index in [1.807, 2.05) is 18.2 Å². The predicted molar refractivity (Wildman–Crippen MR) is 75.2 cm³/mol. The zero-order valence-corrected chi connectivity index (χ0v) is 10.7. The van der Waals surface area contributed by atoms with Crippen LogP contribution >= 0.6 is 11.3 Å². The molecule has 0 radical (unpaired) electrons. The standard InChI is InChI=1S/C14H18N2S/c15-14-8-2-1-5-12(14)6-3-9-16-11-13-7-4-10-17-13/h1-2,4-5,7-8,10,16H,3,6,9,11,15H2. The van der Waals surface area contributed by atoms with Crippen molar-refractivity contribution in [3.63, 3.8) is 0 Å². The van der Waals surface area contributed by atoms with Gasteiger partial charge in [-0.15, -0.1) is 11.3 Å². The van der Waals surface area contributed by atoms with Gasteiger partial charge in [-0.2, -0.15) is 0 Å². The lowest BCUT2D eigenvalue weighted by atomic mass is 10.1. The molecule has 3 N–H and O–H groups in total. The highest BCUT2D eigenvalue weighted by atomic mass is 32.1. The quantitative estimate of drug-likeness (QED) is 0.607. The fraction of sp³-hybridized carbons (Fsp3) is 0.286. The van der Waals surface area contributed by atoms with Crippen molar-refractivity contribution in [3.8, 4) is 0 Å². The van der Waals surface area contributed by atoms with Crippen molar-refractivity contribution in [1.29, 1.82) is 0 Å². The van der Waals surface area contributed by atoms with Crippen LogP contribution in [0.1, 0.15) is 16.9 Å². The van der Waals surface area contributed by atoms with Crippen LogP contribution < -0.4 is 11.1 Å². The molecule has 2 rings (SSSR count). The van der Waals surface area contributed by atoms with E-state index in [1.54, 1.807) is 11.3 Å². The summed E-state index contributed by atoms with van der Waals surface area (Å²) in [6, 6.07) is 12.3. The lowest BCUT2D eigenvalue weighted by Crippen LogP contribution is -2.14. The molecule has 0 amide bonds. The van der Waals surface area contributed by atoms with Gasteiger partial charge in [0.05, 0.1) is 0 Å². The molecule has 0 saturated carbocycles. The van der Waals surface area contributed by atoms with E-state index in [2.05, 4.69) is 28.9 Å². The molecular formula is C14H18N2S. The third-order valence-corrected chi connectivity index (χ3v) is 3.61. The summed E-state index contributed by atoms with van der Waals surface area (Å²) in [4.78, 5) is 1.39. The van der Waals surface area contributed by atoms with E-state index >= 15 is 0 Å². The number of rotatable bonds is 6. The summed E-state index contributed by atoms with van der Waals surface area (Å²) in [6.45, 7) is 2.01. The number of para-hydroxylation sites is 1. The van der Waals surface area contributed by atoms with Crippen LogP contribution in [-0.2, 0) is 13.0 Å². The largest absolute Gasteiger partial charge is 0.399 e. The van der Waals surface area contributed by atoms with Gasteiger partial charge < -0.3 is 11.1 Å². The molecular weight excluding hydrogens is 228 g/mol. The highest BCUT2D eigenvalue weighted by molar-refractivity contribution is 7.09. The van der Waals surface area contributed by atoms with Crippen LogP contribution in [0.5, 0.6) is 0 Å². The normalized spacial score (nSPS) is 10.6. The monoisotopic (exact) mass is 246 g/mol. The van der Waals surface area contributed by atoms with Crippen molar-refractivity contribution in [2.24, 2.45) is 0 Å². The Morgan fingerprint density at radius 3 is 2.76 bits per heavy atom. The number of hydrogen-bond acceptors (Lipinski definition) is 3. The van der Waals surface area contributed by atoms with Gasteiger partial charge in [0.25, 0.3) is 0 Å². The number of nitrogens with two attached hydrogens (primary N) is 1. The summed E-state index contributed by atoms with van der Waals surface area (Å²) in [5.74, 6) is 0. The number of anilines is 1. The molecule has 0 atom stereocenters. The van der Waals surface area contributed by atoms with Gasteiger partial charge in [0.1, 0.15) is 0 Å². The van der Waals surface area contributed by atoms with Crippen LogP contribution in [0.4, 0.5) is 5.69 Å². The van der Waals surface area contributed by atoms with Gasteiger partial charge in [-0.3, -0.25) is 0 Å². The van der Waals surface area contributed by atoms with Crippen molar-refractivity contribution < 1.29 is 0 Å². The zero-order chi connectivity index (χ0) is 11.9. The average Bonchev–Trinajstić information content (AvgIpc) is 2.84. The van der Waals surface area contributed by atoms with Gasteiger partial charge in [0.2, 0.25) is 0 Å². The second-order valence-electron chi connectivity index (χ2n) is 4.06. The molecule has 0 unspecified atom stereocenters. The number of thiophene rings is 1. The van der Waals surface area contributed by atoms with Crippen LogP contribution in [0.25, 0.3) is 0 Å². The molecule has 1 heterocycles. The van der Waals surface area contributed by atoms with Gasteiger partial charge in [0, 0.05) is 17.1 Å². The van der Waals surface area contributed by atoms with Crippen LogP contribution in [0, 0.1) is 0 Å². The van der Waals surface area contributed by atoms with Crippen LogP contribution in [0.2, 0.25) is 0 Å². The molecule has 17 heavy (non-hydrogen) atoms. The van der Waals surface area contributed by atoms with Crippen LogP contribution in [-0.4, -0.2) is 6.54 Å². The SMILES string of the molecule is Nc1ccccc1CCCNCc1cccs1. The summed E-state index contributed by atoms with van der Waals surface area (Å²) in [6.07, 6.45) is 2.17. The Morgan fingerprint density at radius 2 is 2.00 bits per heavy atom. The molecule has 1 aromatic heterocycles. The Balaban J connectivity index is 1.65. The lowest BCUT2D eigenvalue weighted by Gasteiger charge is -2.06. The number of benzene rings is 1. The molecule has 0 saturated heterocycles. The number of nitrogens with one attached hydrogen (secondary N) is 1. The Morgan fingerprint density at radius 1 is 1.12 bits per heavy atom. The first-order valence-electron chi connectivity index (χ1n) is 5.93. The van der Waals surface area contributed by atoms with Gasteiger partial charge in [0.15, 0.2) is 0 Å². The maximum atomic E-state index is 5.89. The third kappa shape index (κ3) is 3.88. The topological polar surface area (TPSA) is 38.0 Å². The number of hydrogen-bond donors (Lipinski definition) is 2. The fourth-order valence-electron chi connectivity index (χ4n) is 1.79. The lowest BCUT2D eigenvalue weighted by molar-refractivity contribution is 0.655. The highest BCUT2D eigenvalue weighted by Crippen LogP contribution is 2.12. The highest BCUT2D eigenvalue weighted by Gasteiger charge is 1.97. The van der Waals surface area contributed by atoms with Crippen molar-refractivity contribution >= 4 is 17.0 Å². The minimum atomic E-state index is 0.908. The predicted octanol–water partition coefficient (Wildman–Crippen LogP) is 3.05. The number of aryl methyl sites for hydroxylation is 1. The molecule has 2 aromatic rings. The van der Waals surface area contributed by atoms with E-state index in [1.165, 1.54) is 10.4 Å². The first kappa shape index (κ1) is 12.1. The molecule has 1 aromatic carbocycles. The second kappa shape index (κ2) is 6.42. The molecule has 2 nitrogen and oxygen atoms in total. The Labute approximate surface area is 106 Å². The molecule has 3 heteroatoms. The zero-order valence-electron chi connectivity index (χ0n) is 9.86. The summed E-state index contributed by atoms with van der Waals surface area (Å²) in [5, 5.41) is 5.56. The van der Waals surface area contributed by atoms with E-state index in [4.69, 9.17) is 5.73 Å². The Bertz CT molecular complexity index is 437. The minimum Gasteiger partial charge on any atom is -0.399 e. The second-order valence-corrected chi connectivity index (χ2v) is 5.09. The molecule has 0 aliphatic rings. The van der Waals surface area contributed by atoms with Crippen molar-refractivity contribution in [3.05, 3.63) is 52.2 Å². The van der Waals surface area contributed by atoms with Crippen molar-refractivity contribution in [2.75, 3.05) is 12.3 Å². The van der Waals surface area contributed by atoms with Gasteiger partial charge >= 0.3 is 0 Å². The minimum absolute atomic E-state index is 0.908. The molecule has 0 fully saturated rings. The average molecular weight is 246 g/mol. The van der Waals surface area contributed by atoms with E-state index in [9.17, 15) is 0 Å². The fourth-order valence-corrected chi connectivity index (χ4v) is 2.46. The van der Waals surface area contributed by atoms with Crippen LogP contribution in [0.3, 0.4) is 0 Å². The molecule has 90 valence electrons. The maximum absolute atomic E-state index is 5.89. The molecule has 0 aliphatic carbocycles. The van der Waals surface area contributed by atoms with E-state index in [0.717, 1.165) is 31.6 Å². The van der Waals surface area contributed by atoms with E-state index in [0.29, 0.717) is 0 Å². The number of nitrogen functional groups attached to an aromatic ring is 1. The molecule has 0 aliphatic heterocycles. The molecule has 0 spiro atoms. The first-order chi connectivity index (χ1) is 8.36. The summed E-state index contributed by atoms with van der Waals surface area (Å²) in [7, 11) is 0. The Hall–Kier alpha value is -1.32. The van der Waals surface area contributed by atoms with E-state index < -0.39 is 0 Å². The van der Waals surface area contributed by atoms with Gasteiger partial charge in [-0.1, -0.05) is 24.3 Å². The van der Waals surface area contributed by atoms with E-state index in [-0.39, 0.29) is 0 Å². The maximum Gasteiger partial charge on any atom is 0.0346 e. The summed E-state index contributed by atoms with van der Waals surface area (Å²) in [5.41, 5.74) is 8.06.